The van der Waals surface area contributed by atoms with Crippen LogP contribution < -0.4 is 10.1 Å². The minimum atomic E-state index is 0.476. The van der Waals surface area contributed by atoms with Crippen molar-refractivity contribution in [2.75, 3.05) is 6.61 Å². The molecule has 3 atom stereocenters. The van der Waals surface area contributed by atoms with E-state index in [1.807, 2.05) is 0 Å². The van der Waals surface area contributed by atoms with Crippen LogP contribution in [0.2, 0.25) is 0 Å². The number of nitrogens with one attached hydrogen (secondary N) is 1. The van der Waals surface area contributed by atoms with Gasteiger partial charge in [0.25, 0.3) is 0 Å². The van der Waals surface area contributed by atoms with E-state index in [0.717, 1.165) is 30.6 Å². The lowest BCUT2D eigenvalue weighted by atomic mass is 9.77. The third kappa shape index (κ3) is 2.85. The lowest BCUT2D eigenvalue weighted by Gasteiger charge is -2.39. The van der Waals surface area contributed by atoms with Gasteiger partial charge in [-0.3, -0.25) is 0 Å². The van der Waals surface area contributed by atoms with E-state index in [-0.39, 0.29) is 0 Å². The monoisotopic (exact) mass is 273 g/mol. The van der Waals surface area contributed by atoms with E-state index < -0.39 is 0 Å². The number of para-hydroxylation sites is 1. The Bertz CT molecular complexity index is 443. The largest absolute Gasteiger partial charge is 0.493 e. The van der Waals surface area contributed by atoms with Crippen LogP contribution in [0.1, 0.15) is 57.6 Å². The first-order chi connectivity index (χ1) is 9.75. The Morgan fingerprint density at radius 2 is 1.90 bits per heavy atom. The highest BCUT2D eigenvalue weighted by atomic mass is 16.5. The molecule has 0 saturated heterocycles. The van der Waals surface area contributed by atoms with Gasteiger partial charge in [-0.15, -0.1) is 0 Å². The molecule has 0 bridgehead atoms. The van der Waals surface area contributed by atoms with Crippen molar-refractivity contribution < 1.29 is 4.74 Å². The lowest BCUT2D eigenvalue weighted by molar-refractivity contribution is 0.171. The number of hydrogen-bond donors (Lipinski definition) is 1. The van der Waals surface area contributed by atoms with Gasteiger partial charge in [0.05, 0.1) is 6.61 Å². The van der Waals surface area contributed by atoms with Gasteiger partial charge in [-0.05, 0) is 30.7 Å². The first kappa shape index (κ1) is 13.9. The lowest BCUT2D eigenvalue weighted by Crippen LogP contribution is -2.43. The molecule has 0 amide bonds. The highest BCUT2D eigenvalue weighted by molar-refractivity contribution is 5.37. The Hall–Kier alpha value is -1.02. The Morgan fingerprint density at radius 1 is 1.10 bits per heavy atom. The van der Waals surface area contributed by atoms with Crippen molar-refractivity contribution in [1.29, 1.82) is 0 Å². The molecule has 2 nitrogen and oxygen atoms in total. The van der Waals surface area contributed by atoms with E-state index in [4.69, 9.17) is 4.74 Å². The molecular weight excluding hydrogens is 246 g/mol. The van der Waals surface area contributed by atoms with Crippen molar-refractivity contribution in [3.8, 4) is 5.75 Å². The van der Waals surface area contributed by atoms with Gasteiger partial charge in [0.2, 0.25) is 0 Å². The average Bonchev–Trinajstić information content (AvgIpc) is 2.48. The summed E-state index contributed by atoms with van der Waals surface area (Å²) in [4.78, 5) is 0. The van der Waals surface area contributed by atoms with Gasteiger partial charge in [0.1, 0.15) is 5.75 Å². The molecule has 1 heterocycles. The second-order valence-electron chi connectivity index (χ2n) is 6.69. The molecule has 1 aromatic rings. The van der Waals surface area contributed by atoms with Crippen LogP contribution in [0.4, 0.5) is 0 Å². The van der Waals surface area contributed by atoms with E-state index in [9.17, 15) is 0 Å². The third-order valence-electron chi connectivity index (χ3n) is 5.05. The Kier molecular flexibility index (Phi) is 4.30. The molecule has 1 aromatic carbocycles. The van der Waals surface area contributed by atoms with Crippen LogP contribution in [0.5, 0.6) is 5.75 Å². The van der Waals surface area contributed by atoms with Crippen LogP contribution in [-0.2, 0) is 0 Å². The standard InChI is InChI=1S/C18H27NO/c1-13(2)14-7-3-5-9-16(14)19-17-11-12-20-18-10-6-4-8-15(17)18/h4,6,8,10,13-14,16-17,19H,3,5,7,9,11-12H2,1-2H3. The summed E-state index contributed by atoms with van der Waals surface area (Å²) in [6, 6.07) is 9.68. The summed E-state index contributed by atoms with van der Waals surface area (Å²) >= 11 is 0. The minimum absolute atomic E-state index is 0.476. The molecule has 3 unspecified atom stereocenters. The maximum Gasteiger partial charge on any atom is 0.124 e. The molecule has 0 aromatic heterocycles. The maximum absolute atomic E-state index is 5.78. The number of hydrogen-bond acceptors (Lipinski definition) is 2. The molecule has 1 aliphatic carbocycles. The molecule has 0 spiro atoms. The normalized spacial score (nSPS) is 29.9. The van der Waals surface area contributed by atoms with Crippen molar-refractivity contribution in [1.82, 2.24) is 5.32 Å². The van der Waals surface area contributed by atoms with Crippen molar-refractivity contribution in [2.24, 2.45) is 11.8 Å². The minimum Gasteiger partial charge on any atom is -0.493 e. The average molecular weight is 273 g/mol. The van der Waals surface area contributed by atoms with E-state index >= 15 is 0 Å². The number of fused-ring (bicyclic) bond motifs is 1. The smallest absolute Gasteiger partial charge is 0.124 e. The van der Waals surface area contributed by atoms with Gasteiger partial charge >= 0.3 is 0 Å². The fraction of sp³-hybridized carbons (Fsp3) is 0.667. The molecule has 0 radical (unpaired) electrons. The van der Waals surface area contributed by atoms with Crippen molar-refractivity contribution in [3.05, 3.63) is 29.8 Å². The molecule has 1 fully saturated rings. The molecule has 2 heteroatoms. The highest BCUT2D eigenvalue weighted by Crippen LogP contribution is 2.36. The van der Waals surface area contributed by atoms with Crippen LogP contribution in [0, 0.1) is 11.8 Å². The fourth-order valence-corrected chi connectivity index (χ4v) is 3.94. The predicted octanol–water partition coefficient (Wildman–Crippen LogP) is 4.31. The highest BCUT2D eigenvalue weighted by Gasteiger charge is 2.31. The topological polar surface area (TPSA) is 21.3 Å². The zero-order valence-electron chi connectivity index (χ0n) is 12.8. The van der Waals surface area contributed by atoms with E-state index in [1.165, 1.54) is 31.2 Å². The van der Waals surface area contributed by atoms with E-state index in [0.29, 0.717) is 12.1 Å². The van der Waals surface area contributed by atoms with Crippen molar-refractivity contribution >= 4 is 0 Å². The zero-order chi connectivity index (χ0) is 13.9. The molecule has 1 saturated carbocycles. The second-order valence-corrected chi connectivity index (χ2v) is 6.69. The maximum atomic E-state index is 5.78. The number of rotatable bonds is 3. The van der Waals surface area contributed by atoms with Crippen LogP contribution in [0.25, 0.3) is 0 Å². The molecule has 110 valence electrons. The second kappa shape index (κ2) is 6.17. The molecular formula is C18H27NO. The number of ether oxygens (including phenoxy) is 1. The Labute approximate surface area is 122 Å². The molecule has 1 N–H and O–H groups in total. The summed E-state index contributed by atoms with van der Waals surface area (Å²) in [6.45, 7) is 5.60. The van der Waals surface area contributed by atoms with Crippen molar-refractivity contribution in [2.45, 2.75) is 58.0 Å². The predicted molar refractivity (Wildman–Crippen MR) is 83.0 cm³/mol. The van der Waals surface area contributed by atoms with Crippen LogP contribution in [-0.4, -0.2) is 12.6 Å². The van der Waals surface area contributed by atoms with Gasteiger partial charge in [-0.25, -0.2) is 0 Å². The number of benzene rings is 1. The third-order valence-corrected chi connectivity index (χ3v) is 5.05. The van der Waals surface area contributed by atoms with Crippen molar-refractivity contribution in [3.63, 3.8) is 0 Å². The SMILES string of the molecule is CC(C)C1CCCCC1NC1CCOc2ccccc21. The van der Waals surface area contributed by atoms with Gasteiger partial charge in [0, 0.05) is 24.1 Å². The van der Waals surface area contributed by atoms with Gasteiger partial charge in [-0.2, -0.15) is 0 Å². The van der Waals surface area contributed by atoms with Crippen LogP contribution >= 0.6 is 0 Å². The molecule has 3 rings (SSSR count). The van der Waals surface area contributed by atoms with Gasteiger partial charge in [0.15, 0.2) is 0 Å². The summed E-state index contributed by atoms with van der Waals surface area (Å²) in [7, 11) is 0. The summed E-state index contributed by atoms with van der Waals surface area (Å²) in [5.74, 6) is 2.69. The van der Waals surface area contributed by atoms with Crippen LogP contribution in [0.15, 0.2) is 24.3 Å². The Morgan fingerprint density at radius 3 is 2.75 bits per heavy atom. The van der Waals surface area contributed by atoms with E-state index in [2.05, 4.69) is 43.4 Å². The molecule has 2 aliphatic rings. The summed E-state index contributed by atoms with van der Waals surface area (Å²) in [5.41, 5.74) is 1.35. The first-order valence-electron chi connectivity index (χ1n) is 8.23. The quantitative estimate of drug-likeness (QED) is 0.886. The first-order valence-corrected chi connectivity index (χ1v) is 8.23. The molecule has 20 heavy (non-hydrogen) atoms. The van der Waals surface area contributed by atoms with Crippen LogP contribution in [0.3, 0.4) is 0 Å². The van der Waals surface area contributed by atoms with E-state index in [1.54, 1.807) is 0 Å². The van der Waals surface area contributed by atoms with Gasteiger partial charge in [-0.1, -0.05) is 44.9 Å². The molecule has 1 aliphatic heterocycles. The summed E-state index contributed by atoms with van der Waals surface area (Å²) in [5, 5.41) is 3.97. The summed E-state index contributed by atoms with van der Waals surface area (Å²) in [6.07, 6.45) is 6.61. The Balaban J connectivity index is 1.74. The zero-order valence-corrected chi connectivity index (χ0v) is 12.8. The fourth-order valence-electron chi connectivity index (χ4n) is 3.94. The van der Waals surface area contributed by atoms with Gasteiger partial charge < -0.3 is 10.1 Å². The summed E-state index contributed by atoms with van der Waals surface area (Å²) < 4.78 is 5.78.